The second-order valence-electron chi connectivity index (χ2n) is 4.17. The molecule has 0 saturated carbocycles. The van der Waals surface area contributed by atoms with Crippen LogP contribution >= 0.6 is 15.9 Å². The molecule has 0 bridgehead atoms. The van der Waals surface area contributed by atoms with Gasteiger partial charge in [-0.1, -0.05) is 35.7 Å². The van der Waals surface area contributed by atoms with Gasteiger partial charge in [0.1, 0.15) is 0 Å². The van der Waals surface area contributed by atoms with E-state index in [1.165, 1.54) is 57.1 Å². The van der Waals surface area contributed by atoms with Crippen LogP contribution in [-0.4, -0.2) is 29.9 Å². The predicted molar refractivity (Wildman–Crippen MR) is 62.5 cm³/mol. The third-order valence-corrected chi connectivity index (χ3v) is 3.80. The summed E-state index contributed by atoms with van der Waals surface area (Å²) in [5.41, 5.74) is 0. The first-order chi connectivity index (χ1) is 6.36. The zero-order valence-electron chi connectivity index (χ0n) is 8.77. The van der Waals surface area contributed by atoms with E-state index in [-0.39, 0.29) is 0 Å². The monoisotopic (exact) mass is 247 g/mol. The molecule has 0 aromatic rings. The summed E-state index contributed by atoms with van der Waals surface area (Å²) in [6, 6.07) is 0. The van der Waals surface area contributed by atoms with Gasteiger partial charge in [-0.05, 0) is 38.3 Å². The lowest BCUT2D eigenvalue weighted by atomic mass is 10.0. The number of halogens is 1. The van der Waals surface area contributed by atoms with Crippen LogP contribution in [0.5, 0.6) is 0 Å². The molecule has 0 radical (unpaired) electrons. The van der Waals surface area contributed by atoms with Crippen LogP contribution in [0, 0.1) is 5.92 Å². The van der Waals surface area contributed by atoms with E-state index >= 15 is 0 Å². The van der Waals surface area contributed by atoms with Gasteiger partial charge in [0.2, 0.25) is 0 Å². The molecule has 1 rings (SSSR count). The Morgan fingerprint density at radius 1 is 1.23 bits per heavy atom. The van der Waals surface area contributed by atoms with Gasteiger partial charge in [-0.2, -0.15) is 0 Å². The average Bonchev–Trinajstić information content (AvgIpc) is 2.19. The Morgan fingerprint density at radius 2 is 1.92 bits per heavy atom. The highest BCUT2D eigenvalue weighted by atomic mass is 79.9. The van der Waals surface area contributed by atoms with Crippen LogP contribution in [0.15, 0.2) is 0 Å². The molecule has 1 aliphatic rings. The summed E-state index contributed by atoms with van der Waals surface area (Å²) in [5.74, 6) is 0.878. The Kier molecular flexibility index (Phi) is 6.05. The average molecular weight is 248 g/mol. The molecule has 0 aliphatic carbocycles. The van der Waals surface area contributed by atoms with E-state index < -0.39 is 0 Å². The van der Waals surface area contributed by atoms with Gasteiger partial charge in [0.15, 0.2) is 0 Å². The van der Waals surface area contributed by atoms with E-state index in [9.17, 15) is 0 Å². The van der Waals surface area contributed by atoms with E-state index in [1.54, 1.807) is 0 Å². The molecular weight excluding hydrogens is 226 g/mol. The normalized spacial score (nSPS) is 21.7. The summed E-state index contributed by atoms with van der Waals surface area (Å²) in [7, 11) is 0. The summed E-state index contributed by atoms with van der Waals surface area (Å²) in [4.78, 5) is 2.64. The number of nitrogens with zero attached hydrogens (tertiary/aromatic N) is 1. The third-order valence-electron chi connectivity index (χ3n) is 2.88. The molecule has 1 atom stereocenters. The number of rotatable bonds is 5. The summed E-state index contributed by atoms with van der Waals surface area (Å²) < 4.78 is 0. The molecule has 78 valence electrons. The molecule has 1 saturated heterocycles. The standard InChI is InChI=1S/C11H22BrN/c1-2-6-11(9-12)10-13-7-4-3-5-8-13/h11H,2-10H2,1H3. The largest absolute Gasteiger partial charge is 0.303 e. The van der Waals surface area contributed by atoms with Crippen LogP contribution < -0.4 is 0 Å². The fourth-order valence-electron chi connectivity index (χ4n) is 2.13. The number of piperidine rings is 1. The van der Waals surface area contributed by atoms with Gasteiger partial charge in [-0.3, -0.25) is 0 Å². The van der Waals surface area contributed by atoms with Gasteiger partial charge in [-0.15, -0.1) is 0 Å². The zero-order chi connectivity index (χ0) is 9.52. The van der Waals surface area contributed by atoms with Crippen LogP contribution in [0.1, 0.15) is 39.0 Å². The number of alkyl halides is 1. The van der Waals surface area contributed by atoms with Gasteiger partial charge in [0, 0.05) is 11.9 Å². The Hall–Kier alpha value is 0.440. The quantitative estimate of drug-likeness (QED) is 0.675. The summed E-state index contributed by atoms with van der Waals surface area (Å²) in [6.45, 7) is 6.28. The van der Waals surface area contributed by atoms with Crippen molar-refractivity contribution in [2.45, 2.75) is 39.0 Å². The highest BCUT2D eigenvalue weighted by molar-refractivity contribution is 9.09. The Balaban J connectivity index is 2.18. The highest BCUT2D eigenvalue weighted by Gasteiger charge is 2.14. The number of likely N-dealkylation sites (tertiary alicyclic amines) is 1. The molecule has 1 unspecified atom stereocenters. The maximum atomic E-state index is 3.62. The molecule has 0 amide bonds. The smallest absolute Gasteiger partial charge is 0.00718 e. The van der Waals surface area contributed by atoms with Gasteiger partial charge in [-0.25, -0.2) is 0 Å². The molecule has 1 aliphatic heterocycles. The van der Waals surface area contributed by atoms with Crippen LogP contribution in [0.3, 0.4) is 0 Å². The lowest BCUT2D eigenvalue weighted by Crippen LogP contribution is -2.34. The molecule has 1 fully saturated rings. The van der Waals surface area contributed by atoms with E-state index in [0.717, 1.165) is 5.92 Å². The van der Waals surface area contributed by atoms with E-state index in [2.05, 4.69) is 27.8 Å². The van der Waals surface area contributed by atoms with Gasteiger partial charge in [0.05, 0.1) is 0 Å². The second kappa shape index (κ2) is 6.83. The number of hydrogen-bond donors (Lipinski definition) is 0. The van der Waals surface area contributed by atoms with Crippen molar-refractivity contribution in [2.75, 3.05) is 25.0 Å². The minimum atomic E-state index is 0.878. The maximum absolute atomic E-state index is 3.62. The number of hydrogen-bond acceptors (Lipinski definition) is 1. The lowest BCUT2D eigenvalue weighted by Gasteiger charge is -2.29. The van der Waals surface area contributed by atoms with Crippen molar-refractivity contribution in [2.24, 2.45) is 5.92 Å². The molecule has 2 heteroatoms. The molecule has 0 N–H and O–H groups in total. The summed E-state index contributed by atoms with van der Waals surface area (Å²) in [6.07, 6.45) is 6.98. The van der Waals surface area contributed by atoms with Crippen molar-refractivity contribution in [1.29, 1.82) is 0 Å². The molecular formula is C11H22BrN. The lowest BCUT2D eigenvalue weighted by molar-refractivity contribution is 0.198. The first-order valence-corrected chi connectivity index (χ1v) is 6.77. The van der Waals surface area contributed by atoms with E-state index in [1.807, 2.05) is 0 Å². The third kappa shape index (κ3) is 4.46. The fraction of sp³-hybridized carbons (Fsp3) is 1.00. The van der Waals surface area contributed by atoms with Crippen molar-refractivity contribution >= 4 is 15.9 Å². The van der Waals surface area contributed by atoms with Gasteiger partial charge < -0.3 is 4.90 Å². The predicted octanol–water partition coefficient (Wildman–Crippen LogP) is 3.28. The Labute approximate surface area is 91.0 Å². The molecule has 1 nitrogen and oxygen atoms in total. The van der Waals surface area contributed by atoms with E-state index in [4.69, 9.17) is 0 Å². The summed E-state index contributed by atoms with van der Waals surface area (Å²) >= 11 is 3.62. The second-order valence-corrected chi connectivity index (χ2v) is 4.82. The first kappa shape index (κ1) is 11.5. The van der Waals surface area contributed by atoms with Crippen molar-refractivity contribution in [3.8, 4) is 0 Å². The Bertz CT molecular complexity index is 119. The van der Waals surface area contributed by atoms with Crippen molar-refractivity contribution < 1.29 is 0 Å². The molecule has 0 spiro atoms. The SMILES string of the molecule is CCCC(CBr)CN1CCCCC1. The Morgan fingerprint density at radius 3 is 2.46 bits per heavy atom. The van der Waals surface area contributed by atoms with Crippen LogP contribution in [-0.2, 0) is 0 Å². The minimum absolute atomic E-state index is 0.878. The van der Waals surface area contributed by atoms with Crippen molar-refractivity contribution in [3.63, 3.8) is 0 Å². The minimum Gasteiger partial charge on any atom is -0.303 e. The summed E-state index contributed by atoms with van der Waals surface area (Å²) in [5, 5.41) is 1.18. The molecule has 0 aromatic heterocycles. The van der Waals surface area contributed by atoms with Crippen LogP contribution in [0.4, 0.5) is 0 Å². The van der Waals surface area contributed by atoms with Crippen LogP contribution in [0.25, 0.3) is 0 Å². The highest BCUT2D eigenvalue weighted by Crippen LogP contribution is 2.15. The van der Waals surface area contributed by atoms with Crippen molar-refractivity contribution in [3.05, 3.63) is 0 Å². The fourth-order valence-corrected chi connectivity index (χ4v) is 2.66. The van der Waals surface area contributed by atoms with Gasteiger partial charge in [0.25, 0.3) is 0 Å². The van der Waals surface area contributed by atoms with Crippen molar-refractivity contribution in [1.82, 2.24) is 4.90 Å². The molecule has 1 heterocycles. The van der Waals surface area contributed by atoms with E-state index in [0.29, 0.717) is 0 Å². The maximum Gasteiger partial charge on any atom is 0.00718 e. The van der Waals surface area contributed by atoms with Crippen LogP contribution in [0.2, 0.25) is 0 Å². The molecule has 0 aromatic carbocycles. The first-order valence-electron chi connectivity index (χ1n) is 5.65. The van der Waals surface area contributed by atoms with Gasteiger partial charge >= 0.3 is 0 Å². The topological polar surface area (TPSA) is 3.24 Å². The molecule has 13 heavy (non-hydrogen) atoms. The zero-order valence-corrected chi connectivity index (χ0v) is 10.4.